The zero-order valence-electron chi connectivity index (χ0n) is 9.18. The SMILES string of the molecule is COC(=O)CC1(CSc2cnccn2)CC1. The largest absolute Gasteiger partial charge is 0.469 e. The van der Waals surface area contributed by atoms with E-state index in [1.807, 2.05) is 0 Å². The summed E-state index contributed by atoms with van der Waals surface area (Å²) in [6.45, 7) is 0. The molecule has 0 spiro atoms. The van der Waals surface area contributed by atoms with Crippen LogP contribution in [0.1, 0.15) is 19.3 Å². The Labute approximate surface area is 98.8 Å². The highest BCUT2D eigenvalue weighted by Crippen LogP contribution is 2.51. The van der Waals surface area contributed by atoms with Crippen LogP contribution in [0, 0.1) is 5.41 Å². The number of carbonyl (C=O) groups is 1. The third-order valence-electron chi connectivity index (χ3n) is 2.77. The number of methoxy groups -OCH3 is 1. The fourth-order valence-corrected chi connectivity index (χ4v) is 2.63. The number of carbonyl (C=O) groups excluding carboxylic acids is 1. The van der Waals surface area contributed by atoms with E-state index in [4.69, 9.17) is 4.74 Å². The quantitative estimate of drug-likeness (QED) is 0.579. The lowest BCUT2D eigenvalue weighted by Gasteiger charge is -2.12. The van der Waals surface area contributed by atoms with Crippen molar-refractivity contribution in [3.05, 3.63) is 18.6 Å². The van der Waals surface area contributed by atoms with Gasteiger partial charge in [0.05, 0.1) is 19.7 Å². The van der Waals surface area contributed by atoms with Crippen LogP contribution in [-0.2, 0) is 9.53 Å². The van der Waals surface area contributed by atoms with Gasteiger partial charge in [0.1, 0.15) is 5.03 Å². The average Bonchev–Trinajstić information content (AvgIpc) is 3.08. The summed E-state index contributed by atoms with van der Waals surface area (Å²) in [5.74, 6) is 0.804. The molecule has 0 unspecified atom stereocenters. The standard InChI is InChI=1S/C11H14N2O2S/c1-15-10(14)6-11(2-3-11)8-16-9-7-12-4-5-13-9/h4-5,7H,2-3,6,8H2,1H3. The molecule has 16 heavy (non-hydrogen) atoms. The molecular weight excluding hydrogens is 224 g/mol. The molecule has 0 saturated heterocycles. The monoisotopic (exact) mass is 238 g/mol. The molecule has 0 bridgehead atoms. The van der Waals surface area contributed by atoms with Gasteiger partial charge in [0.2, 0.25) is 0 Å². The third kappa shape index (κ3) is 2.95. The summed E-state index contributed by atoms with van der Waals surface area (Å²) in [4.78, 5) is 19.4. The molecule has 0 radical (unpaired) electrons. The first-order chi connectivity index (χ1) is 7.74. The van der Waals surface area contributed by atoms with Crippen LogP contribution in [0.25, 0.3) is 0 Å². The van der Waals surface area contributed by atoms with Gasteiger partial charge in [0.25, 0.3) is 0 Å². The summed E-state index contributed by atoms with van der Waals surface area (Å²) in [6, 6.07) is 0. The van der Waals surface area contributed by atoms with E-state index in [-0.39, 0.29) is 11.4 Å². The van der Waals surface area contributed by atoms with Crippen LogP contribution in [0.15, 0.2) is 23.6 Å². The van der Waals surface area contributed by atoms with Crippen LogP contribution in [0.5, 0.6) is 0 Å². The summed E-state index contributed by atoms with van der Waals surface area (Å²) < 4.78 is 4.70. The first-order valence-electron chi connectivity index (χ1n) is 5.20. The molecule has 1 aromatic rings. The van der Waals surface area contributed by atoms with Crippen LogP contribution in [0.4, 0.5) is 0 Å². The van der Waals surface area contributed by atoms with Crippen molar-refractivity contribution in [2.24, 2.45) is 5.41 Å². The van der Waals surface area contributed by atoms with E-state index in [1.165, 1.54) is 7.11 Å². The van der Waals surface area contributed by atoms with Gasteiger partial charge in [-0.25, -0.2) is 4.98 Å². The molecule has 4 nitrogen and oxygen atoms in total. The molecule has 0 N–H and O–H groups in total. The minimum Gasteiger partial charge on any atom is -0.469 e. The molecule has 0 aliphatic heterocycles. The van der Waals surface area contributed by atoms with E-state index in [0.717, 1.165) is 23.6 Å². The van der Waals surface area contributed by atoms with Crippen molar-refractivity contribution in [3.63, 3.8) is 0 Å². The summed E-state index contributed by atoms with van der Waals surface area (Å²) >= 11 is 1.66. The number of nitrogens with zero attached hydrogens (tertiary/aromatic N) is 2. The van der Waals surface area contributed by atoms with Crippen LogP contribution < -0.4 is 0 Å². The normalized spacial score (nSPS) is 16.8. The maximum atomic E-state index is 11.2. The van der Waals surface area contributed by atoms with Crippen molar-refractivity contribution < 1.29 is 9.53 Å². The van der Waals surface area contributed by atoms with Crippen molar-refractivity contribution in [1.29, 1.82) is 0 Å². The second-order valence-corrected chi connectivity index (χ2v) is 5.08. The molecule has 0 atom stereocenters. The maximum Gasteiger partial charge on any atom is 0.306 e. The predicted molar refractivity (Wildman–Crippen MR) is 61.1 cm³/mol. The van der Waals surface area contributed by atoms with Gasteiger partial charge < -0.3 is 4.74 Å². The highest BCUT2D eigenvalue weighted by atomic mass is 32.2. The Kier molecular flexibility index (Phi) is 3.43. The maximum absolute atomic E-state index is 11.2. The van der Waals surface area contributed by atoms with Gasteiger partial charge in [0.15, 0.2) is 0 Å². The van der Waals surface area contributed by atoms with Gasteiger partial charge in [-0.2, -0.15) is 0 Å². The number of hydrogen-bond donors (Lipinski definition) is 0. The zero-order valence-corrected chi connectivity index (χ0v) is 10.00. The van der Waals surface area contributed by atoms with Crippen LogP contribution >= 0.6 is 11.8 Å². The molecular formula is C11H14N2O2S. The first kappa shape index (κ1) is 11.4. The van der Waals surface area contributed by atoms with Crippen LogP contribution in [0.2, 0.25) is 0 Å². The lowest BCUT2D eigenvalue weighted by atomic mass is 10.1. The number of hydrogen-bond acceptors (Lipinski definition) is 5. The lowest BCUT2D eigenvalue weighted by molar-refractivity contribution is -0.141. The molecule has 0 amide bonds. The number of rotatable bonds is 5. The number of thioether (sulfide) groups is 1. The van der Waals surface area contributed by atoms with E-state index in [1.54, 1.807) is 30.4 Å². The Bertz CT molecular complexity index is 366. The van der Waals surface area contributed by atoms with Gasteiger partial charge >= 0.3 is 5.97 Å². The Morgan fingerprint density at radius 1 is 1.56 bits per heavy atom. The van der Waals surface area contributed by atoms with Crippen molar-refractivity contribution >= 4 is 17.7 Å². The molecule has 1 aromatic heterocycles. The molecule has 5 heteroatoms. The van der Waals surface area contributed by atoms with E-state index in [9.17, 15) is 4.79 Å². The zero-order chi connectivity index (χ0) is 11.4. The molecule has 2 rings (SSSR count). The molecule has 1 saturated carbocycles. The minimum absolute atomic E-state index is 0.114. The van der Waals surface area contributed by atoms with Crippen LogP contribution in [-0.4, -0.2) is 28.8 Å². The third-order valence-corrected chi connectivity index (χ3v) is 4.03. The Balaban J connectivity index is 1.84. The van der Waals surface area contributed by atoms with Crippen molar-refractivity contribution in [2.75, 3.05) is 12.9 Å². The smallest absolute Gasteiger partial charge is 0.306 e. The Hall–Kier alpha value is -1.10. The average molecular weight is 238 g/mol. The minimum atomic E-state index is -0.114. The molecule has 1 aliphatic carbocycles. The molecule has 1 heterocycles. The van der Waals surface area contributed by atoms with Gasteiger partial charge in [-0.1, -0.05) is 0 Å². The summed E-state index contributed by atoms with van der Waals surface area (Å²) in [5.41, 5.74) is 0.148. The summed E-state index contributed by atoms with van der Waals surface area (Å²) in [7, 11) is 1.44. The summed E-state index contributed by atoms with van der Waals surface area (Å²) in [6.07, 6.45) is 7.83. The Morgan fingerprint density at radius 3 is 2.94 bits per heavy atom. The van der Waals surface area contributed by atoms with Crippen LogP contribution in [0.3, 0.4) is 0 Å². The molecule has 0 aromatic carbocycles. The van der Waals surface area contributed by atoms with E-state index < -0.39 is 0 Å². The van der Waals surface area contributed by atoms with Crippen molar-refractivity contribution in [1.82, 2.24) is 9.97 Å². The highest BCUT2D eigenvalue weighted by Gasteiger charge is 2.44. The Morgan fingerprint density at radius 2 is 2.38 bits per heavy atom. The molecule has 1 aliphatic rings. The van der Waals surface area contributed by atoms with Gasteiger partial charge in [-0.3, -0.25) is 9.78 Å². The van der Waals surface area contributed by atoms with Gasteiger partial charge in [-0.15, -0.1) is 11.8 Å². The fourth-order valence-electron chi connectivity index (χ4n) is 1.51. The first-order valence-corrected chi connectivity index (χ1v) is 6.18. The van der Waals surface area contributed by atoms with E-state index in [0.29, 0.717) is 6.42 Å². The topological polar surface area (TPSA) is 52.1 Å². The van der Waals surface area contributed by atoms with E-state index in [2.05, 4.69) is 9.97 Å². The number of ether oxygens (including phenoxy) is 1. The second kappa shape index (κ2) is 4.82. The molecule has 1 fully saturated rings. The van der Waals surface area contributed by atoms with Crippen molar-refractivity contribution in [3.8, 4) is 0 Å². The van der Waals surface area contributed by atoms with E-state index >= 15 is 0 Å². The fraction of sp³-hybridized carbons (Fsp3) is 0.545. The second-order valence-electron chi connectivity index (χ2n) is 4.09. The number of esters is 1. The van der Waals surface area contributed by atoms with Gasteiger partial charge in [-0.05, 0) is 18.3 Å². The van der Waals surface area contributed by atoms with Crippen molar-refractivity contribution in [2.45, 2.75) is 24.3 Å². The predicted octanol–water partition coefficient (Wildman–Crippen LogP) is 1.91. The summed E-state index contributed by atoms with van der Waals surface area (Å²) in [5, 5.41) is 0.915. The highest BCUT2D eigenvalue weighted by molar-refractivity contribution is 7.99. The number of aromatic nitrogens is 2. The van der Waals surface area contributed by atoms with Gasteiger partial charge in [0, 0.05) is 18.1 Å². The lowest BCUT2D eigenvalue weighted by Crippen LogP contribution is -2.13. The molecule has 86 valence electrons.